The summed E-state index contributed by atoms with van der Waals surface area (Å²) >= 11 is 0. The van der Waals surface area contributed by atoms with E-state index < -0.39 is 0 Å². The van der Waals surface area contributed by atoms with E-state index in [1.165, 1.54) is 0 Å². The summed E-state index contributed by atoms with van der Waals surface area (Å²) in [5.41, 5.74) is 2.55. The number of benzene rings is 2. The lowest BCUT2D eigenvalue weighted by Crippen LogP contribution is -2.42. The molecule has 1 N–H and O–H groups in total. The summed E-state index contributed by atoms with van der Waals surface area (Å²) in [6, 6.07) is 16.1. The number of carbonyl (C=O) groups excluding carboxylic acids is 1. The normalized spacial score (nSPS) is 26.4. The van der Waals surface area contributed by atoms with E-state index in [1.54, 1.807) is 7.11 Å². The van der Waals surface area contributed by atoms with E-state index in [0.29, 0.717) is 5.56 Å². The van der Waals surface area contributed by atoms with Crippen molar-refractivity contribution in [3.8, 4) is 16.9 Å². The SMILES string of the molecule is CC[C@]1(CO)C[C@H]2CC[C@@H]1N2C(=O)c1cccc(-c2ccccc2OC)c1. The van der Waals surface area contributed by atoms with Crippen LogP contribution in [0.2, 0.25) is 0 Å². The molecule has 1 amide bonds. The lowest BCUT2D eigenvalue weighted by Gasteiger charge is -2.34. The molecule has 27 heavy (non-hydrogen) atoms. The van der Waals surface area contributed by atoms with Crippen molar-refractivity contribution in [2.45, 2.75) is 44.7 Å². The molecule has 0 aliphatic carbocycles. The third-order valence-electron chi connectivity index (χ3n) is 6.63. The molecule has 4 heteroatoms. The van der Waals surface area contributed by atoms with Crippen LogP contribution in [-0.4, -0.2) is 41.7 Å². The van der Waals surface area contributed by atoms with Gasteiger partial charge >= 0.3 is 0 Å². The van der Waals surface area contributed by atoms with Crippen molar-refractivity contribution in [2.24, 2.45) is 5.41 Å². The Balaban J connectivity index is 1.66. The first-order chi connectivity index (χ1) is 13.1. The molecule has 0 aromatic heterocycles. The number of amides is 1. The van der Waals surface area contributed by atoms with Crippen molar-refractivity contribution in [1.29, 1.82) is 0 Å². The van der Waals surface area contributed by atoms with Gasteiger partial charge in [0.1, 0.15) is 5.75 Å². The molecule has 2 saturated heterocycles. The minimum atomic E-state index is -0.126. The Morgan fingerprint density at radius 1 is 1.22 bits per heavy atom. The summed E-state index contributed by atoms with van der Waals surface area (Å²) in [6.07, 6.45) is 3.87. The van der Waals surface area contributed by atoms with Gasteiger partial charge in [-0.1, -0.05) is 37.3 Å². The fraction of sp³-hybridized carbons (Fsp3) is 0.435. The van der Waals surface area contributed by atoms with Gasteiger partial charge in [-0.05, 0) is 49.4 Å². The summed E-state index contributed by atoms with van der Waals surface area (Å²) in [7, 11) is 1.66. The largest absolute Gasteiger partial charge is 0.496 e. The Morgan fingerprint density at radius 2 is 2.04 bits per heavy atom. The van der Waals surface area contributed by atoms with Gasteiger partial charge in [0.25, 0.3) is 5.91 Å². The predicted molar refractivity (Wildman–Crippen MR) is 106 cm³/mol. The van der Waals surface area contributed by atoms with E-state index in [0.717, 1.165) is 42.6 Å². The lowest BCUT2D eigenvalue weighted by molar-refractivity contribution is 0.0557. The number of aliphatic hydroxyl groups is 1. The van der Waals surface area contributed by atoms with Crippen LogP contribution in [0.15, 0.2) is 48.5 Å². The molecule has 2 aromatic carbocycles. The number of fused-ring (bicyclic) bond motifs is 2. The minimum absolute atomic E-state index is 0.0861. The Bertz CT molecular complexity index is 843. The highest BCUT2D eigenvalue weighted by Gasteiger charge is 2.56. The maximum atomic E-state index is 13.4. The first kappa shape index (κ1) is 18.1. The van der Waals surface area contributed by atoms with Gasteiger partial charge in [-0.2, -0.15) is 0 Å². The number of ether oxygens (including phenoxy) is 1. The fourth-order valence-electron chi connectivity index (χ4n) is 5.11. The van der Waals surface area contributed by atoms with Crippen LogP contribution < -0.4 is 4.74 Å². The van der Waals surface area contributed by atoms with Crippen LogP contribution in [0.4, 0.5) is 0 Å². The van der Waals surface area contributed by atoms with Gasteiger partial charge in [-0.3, -0.25) is 4.79 Å². The molecule has 0 saturated carbocycles. The van der Waals surface area contributed by atoms with Crippen LogP contribution in [0.25, 0.3) is 11.1 Å². The van der Waals surface area contributed by atoms with Gasteiger partial charge in [0, 0.05) is 28.6 Å². The zero-order valence-electron chi connectivity index (χ0n) is 16.0. The molecule has 2 heterocycles. The second-order valence-corrected chi connectivity index (χ2v) is 7.82. The number of nitrogens with zero attached hydrogens (tertiary/aromatic N) is 1. The first-order valence-electron chi connectivity index (χ1n) is 9.80. The van der Waals surface area contributed by atoms with Gasteiger partial charge in [0.05, 0.1) is 13.7 Å². The van der Waals surface area contributed by atoms with Crippen LogP contribution in [0, 0.1) is 5.41 Å². The standard InChI is InChI=1S/C23H27NO3/c1-3-23(15-25)14-18-11-12-21(23)24(18)22(26)17-8-6-7-16(13-17)19-9-4-5-10-20(19)27-2/h4-10,13,18,21,25H,3,11-12,14-15H2,1-2H3/t18-,21+,23-/m1/s1. The van der Waals surface area contributed by atoms with Gasteiger partial charge in [0.2, 0.25) is 0 Å². The predicted octanol–water partition coefficient (Wildman–Crippen LogP) is 4.13. The molecule has 3 atom stereocenters. The molecule has 142 valence electrons. The molecular weight excluding hydrogens is 338 g/mol. The second kappa shape index (κ2) is 7.01. The zero-order valence-corrected chi connectivity index (χ0v) is 16.0. The number of rotatable bonds is 5. The van der Waals surface area contributed by atoms with E-state index in [2.05, 4.69) is 11.8 Å². The second-order valence-electron chi connectivity index (χ2n) is 7.82. The van der Waals surface area contributed by atoms with Crippen molar-refractivity contribution in [3.05, 3.63) is 54.1 Å². The molecule has 0 unspecified atom stereocenters. The van der Waals surface area contributed by atoms with Crippen LogP contribution >= 0.6 is 0 Å². The smallest absolute Gasteiger partial charge is 0.254 e. The molecule has 0 radical (unpaired) electrons. The molecule has 2 bridgehead atoms. The molecule has 2 aliphatic rings. The van der Waals surface area contributed by atoms with Crippen LogP contribution in [0.1, 0.15) is 43.0 Å². The highest BCUT2D eigenvalue weighted by Crippen LogP contribution is 2.51. The number of carbonyl (C=O) groups is 1. The van der Waals surface area contributed by atoms with Gasteiger partial charge in [-0.15, -0.1) is 0 Å². The van der Waals surface area contributed by atoms with E-state index >= 15 is 0 Å². The van der Waals surface area contributed by atoms with Gasteiger partial charge in [-0.25, -0.2) is 0 Å². The van der Waals surface area contributed by atoms with Crippen molar-refractivity contribution in [2.75, 3.05) is 13.7 Å². The number of hydrogen-bond acceptors (Lipinski definition) is 3. The van der Waals surface area contributed by atoms with Crippen LogP contribution in [-0.2, 0) is 0 Å². The summed E-state index contributed by atoms with van der Waals surface area (Å²) in [5.74, 6) is 0.886. The van der Waals surface area contributed by atoms with E-state index in [9.17, 15) is 9.90 Å². The van der Waals surface area contributed by atoms with E-state index in [4.69, 9.17) is 4.74 Å². The number of hydrogen-bond donors (Lipinski definition) is 1. The highest BCUT2D eigenvalue weighted by molar-refractivity contribution is 5.96. The Labute approximate surface area is 160 Å². The van der Waals surface area contributed by atoms with Crippen LogP contribution in [0.3, 0.4) is 0 Å². The third-order valence-corrected chi connectivity index (χ3v) is 6.63. The Hall–Kier alpha value is -2.33. The highest BCUT2D eigenvalue weighted by atomic mass is 16.5. The van der Waals surface area contributed by atoms with Crippen molar-refractivity contribution < 1.29 is 14.6 Å². The third kappa shape index (κ3) is 2.83. The van der Waals surface area contributed by atoms with Crippen molar-refractivity contribution in [1.82, 2.24) is 4.90 Å². The molecule has 4 nitrogen and oxygen atoms in total. The average Bonchev–Trinajstić information content (AvgIpc) is 3.29. The maximum Gasteiger partial charge on any atom is 0.254 e. The summed E-state index contributed by atoms with van der Waals surface area (Å²) in [5, 5.41) is 10.0. The molecule has 4 rings (SSSR count). The molecule has 2 aliphatic heterocycles. The quantitative estimate of drug-likeness (QED) is 0.867. The Kier molecular flexibility index (Phi) is 4.68. The summed E-state index contributed by atoms with van der Waals surface area (Å²) in [6.45, 7) is 2.29. The van der Waals surface area contributed by atoms with Crippen molar-refractivity contribution in [3.63, 3.8) is 0 Å². The van der Waals surface area contributed by atoms with Gasteiger partial charge < -0.3 is 14.7 Å². The number of aliphatic hydroxyl groups excluding tert-OH is 1. The van der Waals surface area contributed by atoms with Crippen LogP contribution in [0.5, 0.6) is 5.75 Å². The van der Waals surface area contributed by atoms with Gasteiger partial charge in [0.15, 0.2) is 0 Å². The number of para-hydroxylation sites is 1. The maximum absolute atomic E-state index is 13.4. The summed E-state index contributed by atoms with van der Waals surface area (Å²) < 4.78 is 5.48. The molecule has 0 spiro atoms. The molecule has 2 aromatic rings. The monoisotopic (exact) mass is 365 g/mol. The van der Waals surface area contributed by atoms with E-state index in [-0.39, 0.29) is 30.0 Å². The Morgan fingerprint density at radius 3 is 2.74 bits per heavy atom. The molecule has 2 fully saturated rings. The first-order valence-corrected chi connectivity index (χ1v) is 9.80. The van der Waals surface area contributed by atoms with E-state index in [1.807, 2.05) is 48.5 Å². The average molecular weight is 365 g/mol. The minimum Gasteiger partial charge on any atom is -0.496 e. The summed E-state index contributed by atoms with van der Waals surface area (Å²) in [4.78, 5) is 15.4. The number of methoxy groups -OCH3 is 1. The fourth-order valence-corrected chi connectivity index (χ4v) is 5.11. The topological polar surface area (TPSA) is 49.8 Å². The van der Waals surface area contributed by atoms with Crippen molar-refractivity contribution >= 4 is 5.91 Å². The molecular formula is C23H27NO3. The lowest BCUT2D eigenvalue weighted by atomic mass is 9.72. The zero-order chi connectivity index (χ0) is 19.0.